The number of hydrogen-bond acceptors (Lipinski definition) is 4. The minimum Gasteiger partial charge on any atom is -0.462 e. The van der Waals surface area contributed by atoms with Gasteiger partial charge in [-0.3, -0.25) is 0 Å². The third kappa shape index (κ3) is 4.02. The summed E-state index contributed by atoms with van der Waals surface area (Å²) in [6.07, 6.45) is 0. The number of hydrogen-bond donors (Lipinski definition) is 2. The van der Waals surface area contributed by atoms with Crippen LogP contribution in [-0.4, -0.2) is 17.7 Å². The fraction of sp³-hybridized carbons (Fsp3) is 0.200. The number of carbonyl (C=O) groups excluding carboxylic acids is 1. The van der Waals surface area contributed by atoms with Crippen molar-refractivity contribution in [3.8, 4) is 0 Å². The molecule has 0 aliphatic carbocycles. The Kier molecular flexibility index (Phi) is 5.46. The van der Waals surface area contributed by atoms with E-state index in [-0.39, 0.29) is 16.9 Å². The fourth-order valence-corrected chi connectivity index (χ4v) is 3.03. The second-order valence-corrected chi connectivity index (χ2v) is 5.86. The third-order valence-corrected chi connectivity index (χ3v) is 4.07. The van der Waals surface area contributed by atoms with Crippen LogP contribution in [0.2, 0.25) is 0 Å². The van der Waals surface area contributed by atoms with Gasteiger partial charge in [-0.1, -0.05) is 12.1 Å². The number of benzene rings is 1. The van der Waals surface area contributed by atoms with Crippen LogP contribution in [0.5, 0.6) is 0 Å². The Hall–Kier alpha value is -1.99. The molecule has 0 amide bonds. The topological polar surface area (TPSA) is 50.4 Å². The highest BCUT2D eigenvalue weighted by atomic mass is 32.1. The lowest BCUT2D eigenvalue weighted by Gasteiger charge is -2.09. The molecule has 2 N–H and O–H groups in total. The highest BCUT2D eigenvalue weighted by molar-refractivity contribution is 7.80. The molecule has 1 aromatic carbocycles. The van der Waals surface area contributed by atoms with Crippen LogP contribution in [0.4, 0.5) is 15.1 Å². The molecule has 2 rings (SSSR count). The van der Waals surface area contributed by atoms with Crippen LogP contribution in [0.25, 0.3) is 0 Å². The number of esters is 1. The Morgan fingerprint density at radius 1 is 1.36 bits per heavy atom. The van der Waals surface area contributed by atoms with Crippen molar-refractivity contribution in [3.63, 3.8) is 0 Å². The lowest BCUT2D eigenvalue weighted by atomic mass is 10.3. The number of ether oxygens (including phenoxy) is 1. The van der Waals surface area contributed by atoms with E-state index in [0.717, 1.165) is 5.56 Å². The lowest BCUT2D eigenvalue weighted by molar-refractivity contribution is 0.0531. The van der Waals surface area contributed by atoms with Crippen molar-refractivity contribution < 1.29 is 13.9 Å². The molecule has 0 saturated carbocycles. The van der Waals surface area contributed by atoms with E-state index in [1.807, 2.05) is 6.92 Å². The number of aryl methyl sites for hydroxylation is 1. The molecule has 116 valence electrons. The zero-order valence-electron chi connectivity index (χ0n) is 12.1. The van der Waals surface area contributed by atoms with E-state index in [1.165, 1.54) is 17.4 Å². The zero-order chi connectivity index (χ0) is 16.1. The number of rotatable bonds is 4. The molecule has 2 aromatic rings. The summed E-state index contributed by atoms with van der Waals surface area (Å²) in [7, 11) is 0. The Bertz CT molecular complexity index is 701. The Balaban J connectivity index is 2.05. The van der Waals surface area contributed by atoms with Gasteiger partial charge in [0, 0.05) is 0 Å². The maximum Gasteiger partial charge on any atom is 0.348 e. The highest BCUT2D eigenvalue weighted by Gasteiger charge is 2.15. The molecule has 0 bridgehead atoms. The Labute approximate surface area is 137 Å². The van der Waals surface area contributed by atoms with Gasteiger partial charge < -0.3 is 15.4 Å². The highest BCUT2D eigenvalue weighted by Crippen LogP contribution is 2.27. The standard InChI is InChI=1S/C15H15FN2O2S2/c1-3-20-14(19)13-9(2)8-12(22-13)18-15(21)17-11-7-5-4-6-10(11)16/h4-8H,3H2,1-2H3,(H2,17,18,21). The molecule has 0 radical (unpaired) electrons. The predicted octanol–water partition coefficient (Wildman–Crippen LogP) is 4.18. The summed E-state index contributed by atoms with van der Waals surface area (Å²) in [5, 5.41) is 6.66. The molecule has 0 unspecified atom stereocenters. The van der Waals surface area contributed by atoms with E-state index in [4.69, 9.17) is 17.0 Å². The van der Waals surface area contributed by atoms with E-state index in [1.54, 1.807) is 31.2 Å². The third-order valence-electron chi connectivity index (χ3n) is 2.74. The average molecular weight is 338 g/mol. The summed E-state index contributed by atoms with van der Waals surface area (Å²) < 4.78 is 18.5. The minimum atomic E-state index is -0.388. The minimum absolute atomic E-state index is 0.252. The van der Waals surface area contributed by atoms with E-state index >= 15 is 0 Å². The first-order valence-corrected chi connectivity index (χ1v) is 7.83. The summed E-state index contributed by atoms with van der Waals surface area (Å²) in [5.41, 5.74) is 1.10. The van der Waals surface area contributed by atoms with Crippen LogP contribution in [-0.2, 0) is 4.74 Å². The number of thiocarbonyl (C=S) groups is 1. The molecule has 0 spiro atoms. The summed E-state index contributed by atoms with van der Waals surface area (Å²) >= 11 is 6.39. The first-order chi connectivity index (χ1) is 10.5. The molecular formula is C15H15FN2O2S2. The second-order valence-electron chi connectivity index (χ2n) is 4.40. The number of carbonyl (C=O) groups is 1. The molecule has 7 heteroatoms. The smallest absolute Gasteiger partial charge is 0.348 e. The Morgan fingerprint density at radius 3 is 2.77 bits per heavy atom. The van der Waals surface area contributed by atoms with Crippen LogP contribution in [0.15, 0.2) is 30.3 Å². The molecule has 1 aromatic heterocycles. The summed E-state index contributed by atoms with van der Waals surface area (Å²) in [6, 6.07) is 8.05. The van der Waals surface area contributed by atoms with Crippen molar-refractivity contribution in [1.29, 1.82) is 0 Å². The fourth-order valence-electron chi connectivity index (χ4n) is 1.77. The molecule has 1 heterocycles. The van der Waals surface area contributed by atoms with Crippen molar-refractivity contribution in [2.75, 3.05) is 17.2 Å². The van der Waals surface area contributed by atoms with Gasteiger partial charge in [-0.15, -0.1) is 11.3 Å². The quantitative estimate of drug-likeness (QED) is 0.647. The molecule has 4 nitrogen and oxygen atoms in total. The number of thiophene rings is 1. The maximum atomic E-state index is 13.5. The normalized spacial score (nSPS) is 10.1. The average Bonchev–Trinajstić information content (AvgIpc) is 2.82. The monoisotopic (exact) mass is 338 g/mol. The molecule has 0 fully saturated rings. The van der Waals surface area contributed by atoms with Crippen LogP contribution < -0.4 is 10.6 Å². The van der Waals surface area contributed by atoms with Crippen molar-refractivity contribution >= 4 is 45.3 Å². The van der Waals surface area contributed by atoms with Crippen LogP contribution in [0.3, 0.4) is 0 Å². The molecule has 0 saturated heterocycles. The second kappa shape index (κ2) is 7.33. The summed E-state index contributed by atoms with van der Waals surface area (Å²) in [5.74, 6) is -0.743. The molecule has 0 atom stereocenters. The van der Waals surface area contributed by atoms with E-state index in [9.17, 15) is 9.18 Å². The van der Waals surface area contributed by atoms with Gasteiger partial charge in [-0.25, -0.2) is 9.18 Å². The number of nitrogens with one attached hydrogen (secondary N) is 2. The van der Waals surface area contributed by atoms with Crippen molar-refractivity contribution in [2.45, 2.75) is 13.8 Å². The van der Waals surface area contributed by atoms with E-state index in [2.05, 4.69) is 10.6 Å². The van der Waals surface area contributed by atoms with Crippen LogP contribution in [0, 0.1) is 12.7 Å². The van der Waals surface area contributed by atoms with Gasteiger partial charge in [0.05, 0.1) is 17.3 Å². The number of halogens is 1. The van der Waals surface area contributed by atoms with Crippen molar-refractivity contribution in [3.05, 3.63) is 46.6 Å². The Morgan fingerprint density at radius 2 is 2.09 bits per heavy atom. The summed E-state index contributed by atoms with van der Waals surface area (Å²) in [4.78, 5) is 12.3. The van der Waals surface area contributed by atoms with Gasteiger partial charge >= 0.3 is 5.97 Å². The SMILES string of the molecule is CCOC(=O)c1sc(NC(=S)Nc2ccccc2F)cc1C. The zero-order valence-corrected chi connectivity index (χ0v) is 13.7. The van der Waals surface area contributed by atoms with Crippen molar-refractivity contribution in [1.82, 2.24) is 0 Å². The van der Waals surface area contributed by atoms with Gasteiger partial charge in [0.15, 0.2) is 5.11 Å². The van der Waals surface area contributed by atoms with Gasteiger partial charge in [0.25, 0.3) is 0 Å². The lowest BCUT2D eigenvalue weighted by Crippen LogP contribution is -2.19. The first kappa shape index (κ1) is 16.4. The van der Waals surface area contributed by atoms with Crippen molar-refractivity contribution in [2.24, 2.45) is 0 Å². The van der Waals surface area contributed by atoms with Gasteiger partial charge in [0.1, 0.15) is 10.7 Å². The molecule has 0 aliphatic heterocycles. The van der Waals surface area contributed by atoms with E-state index in [0.29, 0.717) is 22.2 Å². The van der Waals surface area contributed by atoms with Gasteiger partial charge in [-0.05, 0) is 49.8 Å². The largest absolute Gasteiger partial charge is 0.462 e. The van der Waals surface area contributed by atoms with Crippen LogP contribution >= 0.6 is 23.6 Å². The summed E-state index contributed by atoms with van der Waals surface area (Å²) in [6.45, 7) is 3.90. The maximum absolute atomic E-state index is 13.5. The molecule has 22 heavy (non-hydrogen) atoms. The van der Waals surface area contributed by atoms with E-state index < -0.39 is 0 Å². The first-order valence-electron chi connectivity index (χ1n) is 6.61. The van der Waals surface area contributed by atoms with Crippen LogP contribution in [0.1, 0.15) is 22.2 Å². The number of anilines is 2. The molecule has 0 aliphatic rings. The predicted molar refractivity (Wildman–Crippen MR) is 91.3 cm³/mol. The molecular weight excluding hydrogens is 323 g/mol. The number of para-hydroxylation sites is 1. The van der Waals surface area contributed by atoms with Gasteiger partial charge in [-0.2, -0.15) is 0 Å². The van der Waals surface area contributed by atoms with Gasteiger partial charge in [0.2, 0.25) is 0 Å².